The second-order valence-corrected chi connectivity index (χ2v) is 9.52. The lowest BCUT2D eigenvalue weighted by atomic mass is 9.73. The number of imidazole rings is 1. The molecule has 33 heavy (non-hydrogen) atoms. The van der Waals surface area contributed by atoms with E-state index in [9.17, 15) is 9.18 Å². The first kappa shape index (κ1) is 21.6. The van der Waals surface area contributed by atoms with Gasteiger partial charge in [-0.2, -0.15) is 0 Å². The van der Waals surface area contributed by atoms with E-state index in [0.717, 1.165) is 53.4 Å². The lowest BCUT2D eigenvalue weighted by Gasteiger charge is -2.32. The zero-order chi connectivity index (χ0) is 23.1. The zero-order valence-electron chi connectivity index (χ0n) is 19.3. The number of nitrogens with one attached hydrogen (secondary N) is 1. The van der Waals surface area contributed by atoms with Crippen molar-refractivity contribution < 1.29 is 9.18 Å². The highest BCUT2D eigenvalue weighted by molar-refractivity contribution is 5.97. The molecule has 5 nitrogen and oxygen atoms in total. The van der Waals surface area contributed by atoms with Crippen molar-refractivity contribution in [3.05, 3.63) is 71.4 Å². The fourth-order valence-electron chi connectivity index (χ4n) is 5.28. The number of hydrogen-bond acceptors (Lipinski definition) is 3. The standard InChI is InChI=1S/C27H29FN4O/c1-16(26-30-24-10-8-19(14-25(24)31-26)27(33)32(2)3)17-4-6-18(7-5-17)21-12-13-29-23-11-9-20(28)15-22(21)23/h8-18H,4-7H2,1-3H3,(H,30,31)/t16-,17?,18?/m1/s1. The summed E-state index contributed by atoms with van der Waals surface area (Å²) in [5.74, 6) is 2.03. The summed E-state index contributed by atoms with van der Waals surface area (Å²) in [5.41, 5.74) is 4.53. The predicted molar refractivity (Wildman–Crippen MR) is 129 cm³/mol. The van der Waals surface area contributed by atoms with E-state index < -0.39 is 0 Å². The fourth-order valence-corrected chi connectivity index (χ4v) is 5.28. The van der Waals surface area contributed by atoms with E-state index in [-0.39, 0.29) is 11.7 Å². The molecular formula is C27H29FN4O. The average molecular weight is 445 g/mol. The Morgan fingerprint density at radius 3 is 2.61 bits per heavy atom. The minimum atomic E-state index is -0.209. The van der Waals surface area contributed by atoms with Crippen LogP contribution >= 0.6 is 0 Å². The van der Waals surface area contributed by atoms with Crippen LogP contribution in [0.1, 0.15) is 66.2 Å². The second-order valence-electron chi connectivity index (χ2n) is 9.52. The van der Waals surface area contributed by atoms with Crippen molar-refractivity contribution in [1.29, 1.82) is 0 Å². The Bertz CT molecular complexity index is 1320. The molecule has 2 aromatic heterocycles. The Kier molecular flexibility index (Phi) is 5.60. The molecule has 1 atom stereocenters. The molecule has 0 unspecified atom stereocenters. The summed E-state index contributed by atoms with van der Waals surface area (Å²) in [6, 6.07) is 12.6. The van der Waals surface area contributed by atoms with Gasteiger partial charge in [0.15, 0.2) is 0 Å². The third-order valence-corrected chi connectivity index (χ3v) is 7.24. The molecule has 1 N–H and O–H groups in total. The molecule has 1 amide bonds. The third kappa shape index (κ3) is 4.10. The van der Waals surface area contributed by atoms with Crippen molar-refractivity contribution in [2.75, 3.05) is 14.1 Å². The fraction of sp³-hybridized carbons (Fsp3) is 0.370. The average Bonchev–Trinajstić information content (AvgIpc) is 3.26. The number of carbonyl (C=O) groups excluding carboxylic acids is 1. The van der Waals surface area contributed by atoms with Crippen LogP contribution in [0.2, 0.25) is 0 Å². The second kappa shape index (κ2) is 8.58. The summed E-state index contributed by atoms with van der Waals surface area (Å²) < 4.78 is 13.9. The van der Waals surface area contributed by atoms with Crippen LogP contribution in [0.25, 0.3) is 21.9 Å². The number of nitrogens with zero attached hydrogens (tertiary/aromatic N) is 3. The van der Waals surface area contributed by atoms with Crippen LogP contribution in [0, 0.1) is 11.7 Å². The van der Waals surface area contributed by atoms with Crippen LogP contribution in [-0.2, 0) is 0 Å². The minimum absolute atomic E-state index is 0.0173. The summed E-state index contributed by atoms with van der Waals surface area (Å²) >= 11 is 0. The van der Waals surface area contributed by atoms with Crippen LogP contribution in [0.3, 0.4) is 0 Å². The largest absolute Gasteiger partial charge is 0.345 e. The van der Waals surface area contributed by atoms with Gasteiger partial charge in [-0.05, 0) is 85.5 Å². The maximum atomic E-state index is 13.9. The van der Waals surface area contributed by atoms with E-state index in [0.29, 0.717) is 23.3 Å². The van der Waals surface area contributed by atoms with Crippen molar-refractivity contribution in [2.24, 2.45) is 5.92 Å². The van der Waals surface area contributed by atoms with Gasteiger partial charge in [0, 0.05) is 37.2 Å². The van der Waals surface area contributed by atoms with Gasteiger partial charge in [0.05, 0.1) is 16.6 Å². The van der Waals surface area contributed by atoms with Crippen molar-refractivity contribution >= 4 is 27.8 Å². The maximum absolute atomic E-state index is 13.9. The highest BCUT2D eigenvalue weighted by atomic mass is 19.1. The van der Waals surface area contributed by atoms with Crippen LogP contribution < -0.4 is 0 Å². The Morgan fingerprint density at radius 1 is 1.06 bits per heavy atom. The van der Waals surface area contributed by atoms with Gasteiger partial charge in [-0.1, -0.05) is 6.92 Å². The number of halogens is 1. The molecule has 1 aliphatic rings. The zero-order valence-corrected chi connectivity index (χ0v) is 19.3. The van der Waals surface area contributed by atoms with Crippen molar-refractivity contribution in [3.8, 4) is 0 Å². The summed E-state index contributed by atoms with van der Waals surface area (Å²) in [4.78, 5) is 26.6. The first-order valence-corrected chi connectivity index (χ1v) is 11.7. The molecule has 1 saturated carbocycles. The lowest BCUT2D eigenvalue weighted by Crippen LogP contribution is -2.21. The van der Waals surface area contributed by atoms with Crippen LogP contribution in [0.5, 0.6) is 0 Å². The Labute approximate surface area is 193 Å². The first-order chi connectivity index (χ1) is 15.9. The molecule has 1 aliphatic carbocycles. The molecule has 6 heteroatoms. The summed E-state index contributed by atoms with van der Waals surface area (Å²) in [6.45, 7) is 2.24. The van der Waals surface area contributed by atoms with Gasteiger partial charge in [0.1, 0.15) is 11.6 Å². The van der Waals surface area contributed by atoms with E-state index in [1.54, 1.807) is 31.1 Å². The van der Waals surface area contributed by atoms with Crippen molar-refractivity contribution in [3.63, 3.8) is 0 Å². The van der Waals surface area contributed by atoms with Gasteiger partial charge in [0.2, 0.25) is 0 Å². The molecule has 5 rings (SSSR count). The molecular weight excluding hydrogens is 415 g/mol. The topological polar surface area (TPSA) is 61.9 Å². The van der Waals surface area contributed by atoms with E-state index in [4.69, 9.17) is 4.98 Å². The number of pyridine rings is 1. The number of hydrogen-bond donors (Lipinski definition) is 1. The predicted octanol–water partition coefficient (Wildman–Crippen LogP) is 6.03. The molecule has 4 aromatic rings. The molecule has 1 fully saturated rings. The molecule has 0 aliphatic heterocycles. The number of amides is 1. The maximum Gasteiger partial charge on any atom is 0.253 e. The summed E-state index contributed by atoms with van der Waals surface area (Å²) in [6.07, 6.45) is 6.20. The van der Waals surface area contributed by atoms with Crippen molar-refractivity contribution in [2.45, 2.75) is 44.4 Å². The minimum Gasteiger partial charge on any atom is -0.345 e. The first-order valence-electron chi connectivity index (χ1n) is 11.7. The highest BCUT2D eigenvalue weighted by Crippen LogP contribution is 2.43. The molecule has 170 valence electrons. The lowest BCUT2D eigenvalue weighted by molar-refractivity contribution is 0.0827. The van der Waals surface area contributed by atoms with Gasteiger partial charge >= 0.3 is 0 Å². The quantitative estimate of drug-likeness (QED) is 0.418. The number of aromatic nitrogens is 3. The van der Waals surface area contributed by atoms with E-state index in [2.05, 4.69) is 23.0 Å². The van der Waals surface area contributed by atoms with E-state index in [1.165, 1.54) is 11.6 Å². The molecule has 0 saturated heterocycles. The van der Waals surface area contributed by atoms with Gasteiger partial charge in [-0.25, -0.2) is 9.37 Å². The van der Waals surface area contributed by atoms with E-state index >= 15 is 0 Å². The Balaban J connectivity index is 1.32. The SMILES string of the molecule is C[C@@H](c1nc2cc(C(=O)N(C)C)ccc2[nH]1)C1CCC(c2ccnc3ccc(F)cc23)CC1. The monoisotopic (exact) mass is 444 g/mol. The van der Waals surface area contributed by atoms with Gasteiger partial charge in [-0.15, -0.1) is 0 Å². The van der Waals surface area contributed by atoms with Gasteiger partial charge in [-0.3, -0.25) is 9.78 Å². The number of benzene rings is 2. The number of fused-ring (bicyclic) bond motifs is 2. The van der Waals surface area contributed by atoms with Crippen molar-refractivity contribution in [1.82, 2.24) is 19.9 Å². The Morgan fingerprint density at radius 2 is 1.85 bits per heavy atom. The highest BCUT2D eigenvalue weighted by Gasteiger charge is 2.29. The molecule has 0 spiro atoms. The number of rotatable bonds is 4. The Hall–Kier alpha value is -3.28. The van der Waals surface area contributed by atoms with Crippen LogP contribution in [-0.4, -0.2) is 39.9 Å². The van der Waals surface area contributed by atoms with Crippen LogP contribution in [0.15, 0.2) is 48.7 Å². The summed E-state index contributed by atoms with van der Waals surface area (Å²) in [5, 5.41) is 0.939. The number of aromatic amines is 1. The molecule has 0 radical (unpaired) electrons. The van der Waals surface area contributed by atoms with Crippen LogP contribution in [0.4, 0.5) is 4.39 Å². The molecule has 2 aromatic carbocycles. The molecule has 2 heterocycles. The van der Waals surface area contributed by atoms with Gasteiger partial charge in [0.25, 0.3) is 5.91 Å². The number of H-pyrrole nitrogens is 1. The summed E-state index contributed by atoms with van der Waals surface area (Å²) in [7, 11) is 3.51. The van der Waals surface area contributed by atoms with E-state index in [1.807, 2.05) is 24.4 Å². The van der Waals surface area contributed by atoms with Gasteiger partial charge < -0.3 is 9.88 Å². The third-order valence-electron chi connectivity index (χ3n) is 7.24. The normalized spacial score (nSPS) is 19.6. The number of carbonyl (C=O) groups is 1. The smallest absolute Gasteiger partial charge is 0.253 e. The molecule has 0 bridgehead atoms.